The molecule has 6 heteroatoms. The van der Waals surface area contributed by atoms with Gasteiger partial charge in [0.15, 0.2) is 0 Å². The van der Waals surface area contributed by atoms with Gasteiger partial charge in [-0.25, -0.2) is 0 Å². The van der Waals surface area contributed by atoms with Gasteiger partial charge in [0.05, 0.1) is 0 Å². The molecule has 17 heavy (non-hydrogen) atoms. The number of hydrogen-bond acceptors (Lipinski definition) is 4. The SMILES string of the molecule is N#C/C(=C/NC1CCCC1)C(=O)NCC(=O)O. The molecule has 0 spiro atoms. The van der Waals surface area contributed by atoms with E-state index in [4.69, 9.17) is 10.4 Å². The lowest BCUT2D eigenvalue weighted by Gasteiger charge is -2.09. The molecule has 1 saturated carbocycles. The van der Waals surface area contributed by atoms with E-state index in [0.717, 1.165) is 25.7 Å². The Hall–Kier alpha value is -2.03. The zero-order chi connectivity index (χ0) is 12.7. The third-order valence-corrected chi connectivity index (χ3v) is 2.58. The Morgan fingerprint density at radius 3 is 2.59 bits per heavy atom. The molecule has 1 fully saturated rings. The van der Waals surface area contributed by atoms with Crippen molar-refractivity contribution in [1.82, 2.24) is 10.6 Å². The van der Waals surface area contributed by atoms with Gasteiger partial charge in [0.2, 0.25) is 0 Å². The van der Waals surface area contributed by atoms with Crippen molar-refractivity contribution in [1.29, 1.82) is 5.26 Å². The smallest absolute Gasteiger partial charge is 0.322 e. The van der Waals surface area contributed by atoms with Gasteiger partial charge in [-0.2, -0.15) is 5.26 Å². The predicted octanol–water partition coefficient (Wildman–Crippen LogP) is 0.127. The number of amides is 1. The van der Waals surface area contributed by atoms with Crippen molar-refractivity contribution in [2.45, 2.75) is 31.7 Å². The highest BCUT2D eigenvalue weighted by Gasteiger charge is 2.15. The Balaban J connectivity index is 2.45. The molecule has 0 aromatic heterocycles. The third kappa shape index (κ3) is 4.55. The molecule has 0 bridgehead atoms. The van der Waals surface area contributed by atoms with Crippen LogP contribution in [0.4, 0.5) is 0 Å². The van der Waals surface area contributed by atoms with Crippen LogP contribution in [0.2, 0.25) is 0 Å². The normalized spacial score (nSPS) is 16.3. The summed E-state index contributed by atoms with van der Waals surface area (Å²) in [6.07, 6.45) is 5.74. The Morgan fingerprint density at radius 2 is 2.06 bits per heavy atom. The van der Waals surface area contributed by atoms with Gasteiger partial charge >= 0.3 is 5.97 Å². The highest BCUT2D eigenvalue weighted by Crippen LogP contribution is 2.17. The Labute approximate surface area is 99.3 Å². The molecule has 0 atom stereocenters. The number of carboxylic acids is 1. The molecule has 3 N–H and O–H groups in total. The number of carbonyl (C=O) groups excluding carboxylic acids is 1. The molecule has 0 aromatic carbocycles. The summed E-state index contributed by atoms with van der Waals surface area (Å²) in [7, 11) is 0. The van der Waals surface area contributed by atoms with Gasteiger partial charge in [-0.1, -0.05) is 12.8 Å². The number of nitrogens with one attached hydrogen (secondary N) is 2. The molecule has 0 heterocycles. The highest BCUT2D eigenvalue weighted by atomic mass is 16.4. The van der Waals surface area contributed by atoms with Gasteiger partial charge in [0.1, 0.15) is 18.2 Å². The summed E-state index contributed by atoms with van der Waals surface area (Å²) in [5.41, 5.74) is -0.0989. The highest BCUT2D eigenvalue weighted by molar-refractivity contribution is 5.98. The molecule has 0 unspecified atom stereocenters. The second kappa shape index (κ2) is 6.53. The van der Waals surface area contributed by atoms with E-state index in [-0.39, 0.29) is 5.57 Å². The Kier molecular flexibility index (Phi) is 5.01. The molecule has 1 rings (SSSR count). The predicted molar refractivity (Wildman–Crippen MR) is 59.7 cm³/mol. The lowest BCUT2D eigenvalue weighted by molar-refractivity contribution is -0.137. The summed E-state index contributed by atoms with van der Waals surface area (Å²) in [5, 5.41) is 22.3. The summed E-state index contributed by atoms with van der Waals surface area (Å²) in [6, 6.07) is 2.05. The van der Waals surface area contributed by atoms with Crippen LogP contribution in [0.3, 0.4) is 0 Å². The molecular weight excluding hydrogens is 222 g/mol. The summed E-state index contributed by atoms with van der Waals surface area (Å²) < 4.78 is 0. The first-order chi connectivity index (χ1) is 8.13. The summed E-state index contributed by atoms with van der Waals surface area (Å²) in [4.78, 5) is 21.6. The van der Waals surface area contributed by atoms with Crippen LogP contribution < -0.4 is 10.6 Å². The van der Waals surface area contributed by atoms with Crippen LogP contribution in [0.25, 0.3) is 0 Å². The van der Waals surface area contributed by atoms with Gasteiger partial charge in [-0.3, -0.25) is 9.59 Å². The number of carbonyl (C=O) groups is 2. The van der Waals surface area contributed by atoms with E-state index >= 15 is 0 Å². The fourth-order valence-electron chi connectivity index (χ4n) is 1.69. The second-order valence-electron chi connectivity index (χ2n) is 3.89. The van der Waals surface area contributed by atoms with Crippen molar-refractivity contribution in [3.05, 3.63) is 11.8 Å². The third-order valence-electron chi connectivity index (χ3n) is 2.58. The van der Waals surface area contributed by atoms with Crippen LogP contribution in [0.5, 0.6) is 0 Å². The standard InChI is InChI=1S/C11H15N3O3/c12-5-8(11(17)14-7-10(15)16)6-13-9-3-1-2-4-9/h6,9,13H,1-4,7H2,(H,14,17)(H,15,16)/b8-6-. The van der Waals surface area contributed by atoms with Crippen LogP contribution >= 0.6 is 0 Å². The van der Waals surface area contributed by atoms with Crippen LogP contribution in [-0.4, -0.2) is 29.6 Å². The zero-order valence-corrected chi connectivity index (χ0v) is 9.40. The maximum Gasteiger partial charge on any atom is 0.322 e. The fraction of sp³-hybridized carbons (Fsp3) is 0.545. The maximum absolute atomic E-state index is 11.4. The van der Waals surface area contributed by atoms with Gasteiger partial charge in [-0.15, -0.1) is 0 Å². The molecule has 0 aromatic rings. The van der Waals surface area contributed by atoms with E-state index < -0.39 is 18.4 Å². The number of rotatable bonds is 5. The molecule has 92 valence electrons. The van der Waals surface area contributed by atoms with Crippen molar-refractivity contribution in [2.75, 3.05) is 6.54 Å². The van der Waals surface area contributed by atoms with Crippen LogP contribution in [0.15, 0.2) is 11.8 Å². The minimum Gasteiger partial charge on any atom is -0.480 e. The fourth-order valence-corrected chi connectivity index (χ4v) is 1.69. The van der Waals surface area contributed by atoms with Gasteiger partial charge in [0.25, 0.3) is 5.91 Å². The number of aliphatic carboxylic acids is 1. The molecule has 0 aliphatic heterocycles. The Morgan fingerprint density at radius 1 is 1.41 bits per heavy atom. The van der Waals surface area contributed by atoms with Crippen molar-refractivity contribution in [3.8, 4) is 6.07 Å². The average molecular weight is 237 g/mol. The maximum atomic E-state index is 11.4. The molecule has 6 nitrogen and oxygen atoms in total. The van der Waals surface area contributed by atoms with E-state index in [2.05, 4.69) is 10.6 Å². The van der Waals surface area contributed by atoms with Crippen molar-refractivity contribution in [2.24, 2.45) is 0 Å². The number of hydrogen-bond donors (Lipinski definition) is 3. The first-order valence-electron chi connectivity index (χ1n) is 5.50. The number of carboxylic acid groups (broad SMARTS) is 1. The van der Waals surface area contributed by atoms with E-state index in [1.54, 1.807) is 6.07 Å². The molecule has 1 amide bonds. The topological polar surface area (TPSA) is 102 Å². The summed E-state index contributed by atoms with van der Waals surface area (Å²) in [6.45, 7) is -0.485. The summed E-state index contributed by atoms with van der Waals surface area (Å²) >= 11 is 0. The number of nitrogens with zero attached hydrogens (tertiary/aromatic N) is 1. The molecule has 0 saturated heterocycles. The molecular formula is C11H15N3O3. The van der Waals surface area contributed by atoms with Gasteiger partial charge < -0.3 is 15.7 Å². The Bertz CT molecular complexity index is 365. The van der Waals surface area contributed by atoms with Crippen molar-refractivity contribution < 1.29 is 14.7 Å². The van der Waals surface area contributed by atoms with Crippen LogP contribution in [0, 0.1) is 11.3 Å². The molecule has 1 aliphatic carbocycles. The van der Waals surface area contributed by atoms with Gasteiger partial charge in [-0.05, 0) is 12.8 Å². The second-order valence-corrected chi connectivity index (χ2v) is 3.89. The molecule has 1 aliphatic rings. The first kappa shape index (κ1) is 13.0. The monoisotopic (exact) mass is 237 g/mol. The molecule has 0 radical (unpaired) electrons. The van der Waals surface area contributed by atoms with E-state index in [9.17, 15) is 9.59 Å². The van der Waals surface area contributed by atoms with Crippen molar-refractivity contribution in [3.63, 3.8) is 0 Å². The average Bonchev–Trinajstić information content (AvgIpc) is 2.80. The van der Waals surface area contributed by atoms with Crippen molar-refractivity contribution >= 4 is 11.9 Å². The van der Waals surface area contributed by atoms with E-state index in [1.165, 1.54) is 6.20 Å². The van der Waals surface area contributed by atoms with Crippen LogP contribution in [0.1, 0.15) is 25.7 Å². The lowest BCUT2D eigenvalue weighted by atomic mass is 10.2. The zero-order valence-electron chi connectivity index (χ0n) is 9.40. The largest absolute Gasteiger partial charge is 0.480 e. The quantitative estimate of drug-likeness (QED) is 0.466. The first-order valence-corrected chi connectivity index (χ1v) is 5.50. The van der Waals surface area contributed by atoms with E-state index in [1.807, 2.05) is 0 Å². The number of nitriles is 1. The minimum atomic E-state index is -1.14. The summed E-state index contributed by atoms with van der Waals surface area (Å²) in [5.74, 6) is -1.81. The van der Waals surface area contributed by atoms with E-state index in [0.29, 0.717) is 6.04 Å². The van der Waals surface area contributed by atoms with Crippen LogP contribution in [-0.2, 0) is 9.59 Å². The minimum absolute atomic E-state index is 0.0989. The lowest BCUT2D eigenvalue weighted by Crippen LogP contribution is -2.31. The van der Waals surface area contributed by atoms with Gasteiger partial charge in [0, 0.05) is 12.2 Å².